The molecule has 4 nitrogen and oxygen atoms in total. The van der Waals surface area contributed by atoms with E-state index in [9.17, 15) is 0 Å². The van der Waals surface area contributed by atoms with Crippen molar-refractivity contribution in [3.05, 3.63) is 146 Å². The number of fused-ring (bicyclic) bond motifs is 5. The van der Waals surface area contributed by atoms with Gasteiger partial charge >= 0.3 is 0 Å². The molecule has 0 N–H and O–H groups in total. The Morgan fingerprint density at radius 1 is 0.488 bits per heavy atom. The molecule has 1 aliphatic heterocycles. The molecule has 0 spiro atoms. The second-order valence-corrected chi connectivity index (χ2v) is 10.9. The Kier molecular flexibility index (Phi) is 5.16. The third-order valence-electron chi connectivity index (χ3n) is 8.45. The van der Waals surface area contributed by atoms with Crippen LogP contribution in [0.15, 0.2) is 146 Å². The van der Waals surface area contributed by atoms with E-state index >= 15 is 0 Å². The molecule has 0 atom stereocenters. The first-order chi connectivity index (χ1) is 21.3. The maximum absolute atomic E-state index is 5.34. The van der Waals surface area contributed by atoms with Crippen LogP contribution in [0.4, 0.5) is 17.3 Å². The highest BCUT2D eigenvalue weighted by Gasteiger charge is 2.29. The van der Waals surface area contributed by atoms with Crippen LogP contribution in [0, 0.1) is 0 Å². The molecule has 3 heterocycles. The zero-order valence-electron chi connectivity index (χ0n) is 23.1. The fourth-order valence-corrected chi connectivity index (χ4v) is 6.51. The van der Waals surface area contributed by atoms with Gasteiger partial charge in [-0.3, -0.25) is 9.88 Å². The van der Waals surface area contributed by atoms with Gasteiger partial charge in [0.15, 0.2) is 0 Å². The summed E-state index contributed by atoms with van der Waals surface area (Å²) in [6.45, 7) is 0. The lowest BCUT2D eigenvalue weighted by Crippen LogP contribution is -2.18. The minimum absolute atomic E-state index is 0.654. The second-order valence-electron chi connectivity index (χ2n) is 10.9. The summed E-state index contributed by atoms with van der Waals surface area (Å²) in [6.07, 6.45) is 1.83. The van der Waals surface area contributed by atoms with Crippen molar-refractivity contribution in [1.82, 2.24) is 15.0 Å². The molecule has 43 heavy (non-hydrogen) atoms. The van der Waals surface area contributed by atoms with Crippen molar-refractivity contribution >= 4 is 49.8 Å². The largest absolute Gasteiger partial charge is 0.278 e. The van der Waals surface area contributed by atoms with Gasteiger partial charge in [-0.1, -0.05) is 109 Å². The van der Waals surface area contributed by atoms with Gasteiger partial charge in [0.25, 0.3) is 0 Å². The van der Waals surface area contributed by atoms with E-state index in [-0.39, 0.29) is 0 Å². The maximum Gasteiger partial charge on any atom is 0.235 e. The van der Waals surface area contributed by atoms with Crippen molar-refractivity contribution in [2.24, 2.45) is 0 Å². The van der Waals surface area contributed by atoms with Crippen molar-refractivity contribution in [3.63, 3.8) is 0 Å². The van der Waals surface area contributed by atoms with Gasteiger partial charge in [0.1, 0.15) is 0 Å². The molecule has 8 aromatic rings. The summed E-state index contributed by atoms with van der Waals surface area (Å²) in [4.78, 5) is 17.3. The first-order valence-corrected chi connectivity index (χ1v) is 14.5. The third-order valence-corrected chi connectivity index (χ3v) is 8.45. The molecule has 0 amide bonds. The zero-order valence-corrected chi connectivity index (χ0v) is 23.1. The third kappa shape index (κ3) is 3.67. The Morgan fingerprint density at radius 2 is 1.23 bits per heavy atom. The molecule has 4 heteroatoms. The topological polar surface area (TPSA) is 41.9 Å². The monoisotopic (exact) mass is 548 g/mol. The number of benzene rings is 6. The molecule has 2 aromatic heterocycles. The summed E-state index contributed by atoms with van der Waals surface area (Å²) in [5.74, 6) is 0.654. The molecule has 0 fully saturated rings. The molecule has 6 aromatic carbocycles. The lowest BCUT2D eigenvalue weighted by atomic mass is 9.88. The van der Waals surface area contributed by atoms with Crippen molar-refractivity contribution < 1.29 is 0 Å². The second kappa shape index (κ2) is 9.33. The van der Waals surface area contributed by atoms with E-state index in [1.54, 1.807) is 0 Å². The standard InChI is InChI=1S/C39H24N4/c1-2-12-29-25(9-1)22-23-35-37(29)31-14-7-10-27-11-8-17-34(36(27)31)43(35)39-41-33-16-4-3-13-30(33)38(42-39)28-20-18-26(19-21-28)32-15-5-6-24-40-32/h1-24H. The number of aromatic nitrogens is 3. The maximum atomic E-state index is 5.34. The highest BCUT2D eigenvalue weighted by atomic mass is 15.3. The summed E-state index contributed by atoms with van der Waals surface area (Å²) >= 11 is 0. The number of rotatable bonds is 3. The lowest BCUT2D eigenvalue weighted by molar-refractivity contribution is 1.11. The number of hydrogen-bond donors (Lipinski definition) is 0. The van der Waals surface area contributed by atoms with Crippen LogP contribution in [0.1, 0.15) is 0 Å². The van der Waals surface area contributed by atoms with E-state index in [0.29, 0.717) is 5.95 Å². The van der Waals surface area contributed by atoms with Crippen LogP contribution >= 0.6 is 0 Å². The Balaban J connectivity index is 1.31. The van der Waals surface area contributed by atoms with Crippen LogP contribution in [0.2, 0.25) is 0 Å². The van der Waals surface area contributed by atoms with Gasteiger partial charge in [-0.05, 0) is 52.1 Å². The van der Waals surface area contributed by atoms with Gasteiger partial charge in [0.05, 0.1) is 28.3 Å². The quantitative estimate of drug-likeness (QED) is 0.220. The summed E-state index contributed by atoms with van der Waals surface area (Å²) in [5, 5.41) is 5.87. The molecule has 0 aliphatic carbocycles. The van der Waals surface area contributed by atoms with Crippen molar-refractivity contribution in [1.29, 1.82) is 0 Å². The predicted octanol–water partition coefficient (Wildman–Crippen LogP) is 10.1. The predicted molar refractivity (Wildman–Crippen MR) is 177 cm³/mol. The highest BCUT2D eigenvalue weighted by molar-refractivity contribution is 6.19. The molecule has 1 aliphatic rings. The number of nitrogens with zero attached hydrogens (tertiary/aromatic N) is 4. The molecule has 0 saturated heterocycles. The minimum atomic E-state index is 0.654. The summed E-state index contributed by atoms with van der Waals surface area (Å²) < 4.78 is 0. The Labute approximate surface area is 248 Å². The van der Waals surface area contributed by atoms with Gasteiger partial charge in [-0.25, -0.2) is 9.97 Å². The number of pyridine rings is 1. The first-order valence-electron chi connectivity index (χ1n) is 14.5. The van der Waals surface area contributed by atoms with E-state index in [1.165, 1.54) is 32.7 Å². The number of hydrogen-bond acceptors (Lipinski definition) is 4. The molecule has 0 bridgehead atoms. The van der Waals surface area contributed by atoms with Crippen LogP contribution in [-0.2, 0) is 0 Å². The van der Waals surface area contributed by atoms with Gasteiger partial charge in [0, 0.05) is 33.7 Å². The number of anilines is 3. The van der Waals surface area contributed by atoms with Gasteiger partial charge < -0.3 is 0 Å². The average Bonchev–Trinajstić information content (AvgIpc) is 3.08. The average molecular weight is 549 g/mol. The first kappa shape index (κ1) is 23.8. The van der Waals surface area contributed by atoms with Crippen LogP contribution in [0.25, 0.3) is 66.1 Å². The summed E-state index contributed by atoms with van der Waals surface area (Å²) in [6, 6.07) is 48.9. The van der Waals surface area contributed by atoms with Crippen LogP contribution in [-0.4, -0.2) is 15.0 Å². The Morgan fingerprint density at radius 3 is 2.09 bits per heavy atom. The molecule has 0 radical (unpaired) electrons. The van der Waals surface area contributed by atoms with E-state index < -0.39 is 0 Å². The fraction of sp³-hybridized carbons (Fsp3) is 0. The SMILES string of the molecule is c1ccc(-c2ccc(-c3nc(N4c5ccc6ccccc6c5-c5cccc6cccc4c56)nc4ccccc34)cc2)nc1. The van der Waals surface area contributed by atoms with E-state index in [2.05, 4.69) is 125 Å². The molecule has 0 unspecified atom stereocenters. The summed E-state index contributed by atoms with van der Waals surface area (Å²) in [5.41, 5.74) is 9.48. The minimum Gasteiger partial charge on any atom is -0.278 e. The highest BCUT2D eigenvalue weighted by Crippen LogP contribution is 2.52. The smallest absolute Gasteiger partial charge is 0.235 e. The summed E-state index contributed by atoms with van der Waals surface area (Å²) in [7, 11) is 0. The normalized spacial score (nSPS) is 12.1. The molecule has 200 valence electrons. The van der Waals surface area contributed by atoms with E-state index in [0.717, 1.165) is 44.8 Å². The number of para-hydroxylation sites is 1. The van der Waals surface area contributed by atoms with Gasteiger partial charge in [0.2, 0.25) is 5.95 Å². The Bertz CT molecular complexity index is 2340. The van der Waals surface area contributed by atoms with E-state index in [4.69, 9.17) is 9.97 Å². The van der Waals surface area contributed by atoms with Gasteiger partial charge in [-0.2, -0.15) is 0 Å². The van der Waals surface area contributed by atoms with Gasteiger partial charge in [-0.15, -0.1) is 0 Å². The van der Waals surface area contributed by atoms with Crippen molar-refractivity contribution in [3.8, 4) is 33.6 Å². The fourth-order valence-electron chi connectivity index (χ4n) is 6.51. The van der Waals surface area contributed by atoms with Crippen molar-refractivity contribution in [2.45, 2.75) is 0 Å². The lowest BCUT2D eigenvalue weighted by Gasteiger charge is -2.33. The van der Waals surface area contributed by atoms with Crippen LogP contribution in [0.5, 0.6) is 0 Å². The molecular formula is C39H24N4. The Hall–Kier alpha value is -5.87. The zero-order chi connectivity index (χ0) is 28.3. The van der Waals surface area contributed by atoms with Crippen LogP contribution in [0.3, 0.4) is 0 Å². The van der Waals surface area contributed by atoms with Crippen molar-refractivity contribution in [2.75, 3.05) is 4.90 Å². The van der Waals surface area contributed by atoms with E-state index in [1.807, 2.05) is 30.5 Å². The molecule has 9 rings (SSSR count). The van der Waals surface area contributed by atoms with Crippen LogP contribution < -0.4 is 4.90 Å². The molecule has 0 saturated carbocycles. The molecular weight excluding hydrogens is 524 g/mol.